The SMILES string of the molecule is CO[C@H]1CC[C@]2(C)C3CC[C@@]4(C)C(CC(=O)[C@@H]4O)C3[C@@H](O)C[C@@H]2C1. The fourth-order valence-electron chi connectivity index (χ4n) is 7.17. The molecule has 0 bridgehead atoms. The molecule has 0 spiro atoms. The van der Waals surface area contributed by atoms with Gasteiger partial charge in [-0.2, -0.15) is 0 Å². The molecule has 4 aliphatic carbocycles. The summed E-state index contributed by atoms with van der Waals surface area (Å²) in [6.45, 7) is 4.50. The average molecular weight is 336 g/mol. The van der Waals surface area contributed by atoms with E-state index in [4.69, 9.17) is 4.74 Å². The number of carbonyl (C=O) groups is 1. The molecule has 4 nitrogen and oxygen atoms in total. The van der Waals surface area contributed by atoms with Gasteiger partial charge < -0.3 is 14.9 Å². The molecule has 0 aliphatic heterocycles. The second-order valence-electron chi connectivity index (χ2n) is 9.55. The molecule has 136 valence electrons. The van der Waals surface area contributed by atoms with E-state index < -0.39 is 6.10 Å². The van der Waals surface area contributed by atoms with E-state index in [1.165, 1.54) is 0 Å². The van der Waals surface area contributed by atoms with Crippen LogP contribution < -0.4 is 0 Å². The number of Topliss-reactive ketones (excluding diaryl/α,β-unsaturated/α-hetero) is 1. The van der Waals surface area contributed by atoms with Gasteiger partial charge in [0.1, 0.15) is 6.10 Å². The molecule has 4 fully saturated rings. The summed E-state index contributed by atoms with van der Waals surface area (Å²) in [5.41, 5.74) is -0.0804. The third-order valence-corrected chi connectivity index (χ3v) is 8.76. The zero-order valence-electron chi connectivity index (χ0n) is 15.2. The van der Waals surface area contributed by atoms with Gasteiger partial charge in [0.15, 0.2) is 5.78 Å². The van der Waals surface area contributed by atoms with Gasteiger partial charge in [-0.3, -0.25) is 4.79 Å². The molecular weight excluding hydrogens is 304 g/mol. The normalized spacial score (nSPS) is 57.2. The largest absolute Gasteiger partial charge is 0.393 e. The van der Waals surface area contributed by atoms with Gasteiger partial charge in [-0.25, -0.2) is 0 Å². The van der Waals surface area contributed by atoms with Gasteiger partial charge in [0.25, 0.3) is 0 Å². The third-order valence-electron chi connectivity index (χ3n) is 8.76. The number of hydrogen-bond donors (Lipinski definition) is 2. The number of ketones is 1. The molecule has 0 aromatic carbocycles. The van der Waals surface area contributed by atoms with Crippen molar-refractivity contribution in [3.8, 4) is 0 Å². The van der Waals surface area contributed by atoms with E-state index in [-0.39, 0.29) is 34.6 Å². The maximum atomic E-state index is 12.2. The Morgan fingerprint density at radius 2 is 1.75 bits per heavy atom. The highest BCUT2D eigenvalue weighted by Gasteiger charge is 2.64. The predicted molar refractivity (Wildman–Crippen MR) is 90.3 cm³/mol. The van der Waals surface area contributed by atoms with Crippen molar-refractivity contribution >= 4 is 5.78 Å². The quantitative estimate of drug-likeness (QED) is 0.772. The molecule has 4 rings (SSSR count). The smallest absolute Gasteiger partial charge is 0.162 e. The molecule has 3 unspecified atom stereocenters. The molecule has 0 heterocycles. The number of hydrogen-bond acceptors (Lipinski definition) is 4. The van der Waals surface area contributed by atoms with Crippen molar-refractivity contribution < 1.29 is 19.7 Å². The first kappa shape index (κ1) is 17.0. The summed E-state index contributed by atoms with van der Waals surface area (Å²) in [6.07, 6.45) is 5.70. The predicted octanol–water partition coefficient (Wildman–Crippen LogP) is 2.55. The molecule has 24 heavy (non-hydrogen) atoms. The topological polar surface area (TPSA) is 66.8 Å². The van der Waals surface area contributed by atoms with Crippen molar-refractivity contribution in [2.24, 2.45) is 34.5 Å². The maximum Gasteiger partial charge on any atom is 0.162 e. The number of rotatable bonds is 1. The van der Waals surface area contributed by atoms with Crippen molar-refractivity contribution in [1.29, 1.82) is 0 Å². The first-order chi connectivity index (χ1) is 11.3. The van der Waals surface area contributed by atoms with E-state index >= 15 is 0 Å². The number of carbonyl (C=O) groups excluding carboxylic acids is 1. The average Bonchev–Trinajstić information content (AvgIpc) is 2.79. The van der Waals surface area contributed by atoms with Gasteiger partial charge >= 0.3 is 0 Å². The zero-order valence-corrected chi connectivity index (χ0v) is 15.2. The van der Waals surface area contributed by atoms with Gasteiger partial charge in [-0.1, -0.05) is 13.8 Å². The molecule has 0 saturated heterocycles. The van der Waals surface area contributed by atoms with Crippen molar-refractivity contribution in [3.63, 3.8) is 0 Å². The van der Waals surface area contributed by atoms with E-state index in [9.17, 15) is 15.0 Å². The summed E-state index contributed by atoms with van der Waals surface area (Å²) in [5, 5.41) is 21.5. The monoisotopic (exact) mass is 336 g/mol. The Hall–Kier alpha value is -0.450. The molecule has 4 heteroatoms. The van der Waals surface area contributed by atoms with Crippen LogP contribution in [0.2, 0.25) is 0 Å². The molecule has 4 saturated carbocycles. The van der Waals surface area contributed by atoms with E-state index in [1.54, 1.807) is 7.11 Å². The maximum absolute atomic E-state index is 12.2. The van der Waals surface area contributed by atoms with E-state index in [2.05, 4.69) is 13.8 Å². The van der Waals surface area contributed by atoms with Crippen LogP contribution >= 0.6 is 0 Å². The van der Waals surface area contributed by atoms with Gasteiger partial charge in [-0.15, -0.1) is 0 Å². The Kier molecular flexibility index (Phi) is 3.91. The summed E-state index contributed by atoms with van der Waals surface area (Å²) in [7, 11) is 1.80. The van der Waals surface area contributed by atoms with Gasteiger partial charge in [0.05, 0.1) is 12.2 Å². The molecule has 0 amide bonds. The molecule has 2 N–H and O–H groups in total. The lowest BCUT2D eigenvalue weighted by Crippen LogP contribution is -2.59. The first-order valence-corrected chi connectivity index (χ1v) is 9.73. The van der Waals surface area contributed by atoms with Crippen LogP contribution in [0.15, 0.2) is 0 Å². The van der Waals surface area contributed by atoms with Crippen LogP contribution in [-0.2, 0) is 9.53 Å². The second-order valence-corrected chi connectivity index (χ2v) is 9.55. The highest BCUT2D eigenvalue weighted by molar-refractivity contribution is 5.86. The van der Waals surface area contributed by atoms with Gasteiger partial charge in [0.2, 0.25) is 0 Å². The van der Waals surface area contributed by atoms with Crippen molar-refractivity contribution in [3.05, 3.63) is 0 Å². The lowest BCUT2D eigenvalue weighted by molar-refractivity contribution is -0.178. The van der Waals surface area contributed by atoms with Crippen LogP contribution in [0, 0.1) is 34.5 Å². The highest BCUT2D eigenvalue weighted by atomic mass is 16.5. The lowest BCUT2D eigenvalue weighted by atomic mass is 9.44. The van der Waals surface area contributed by atoms with Crippen LogP contribution in [0.3, 0.4) is 0 Å². The van der Waals surface area contributed by atoms with E-state index in [1.807, 2.05) is 0 Å². The Morgan fingerprint density at radius 3 is 2.46 bits per heavy atom. The fourth-order valence-corrected chi connectivity index (χ4v) is 7.17. The minimum atomic E-state index is -0.828. The van der Waals surface area contributed by atoms with Gasteiger partial charge in [-0.05, 0) is 67.6 Å². The van der Waals surface area contributed by atoms with Crippen molar-refractivity contribution in [2.45, 2.75) is 77.1 Å². The molecular formula is C20H32O4. The molecule has 4 aliphatic rings. The first-order valence-electron chi connectivity index (χ1n) is 9.73. The Balaban J connectivity index is 1.66. The molecule has 9 atom stereocenters. The van der Waals surface area contributed by atoms with Crippen LogP contribution in [0.4, 0.5) is 0 Å². The summed E-state index contributed by atoms with van der Waals surface area (Å²) in [4.78, 5) is 12.2. The lowest BCUT2D eigenvalue weighted by Gasteiger charge is -2.61. The summed E-state index contributed by atoms with van der Waals surface area (Å²) < 4.78 is 5.61. The Morgan fingerprint density at radius 1 is 1.04 bits per heavy atom. The third kappa shape index (κ3) is 2.12. The van der Waals surface area contributed by atoms with E-state index in [0.29, 0.717) is 24.4 Å². The minimum Gasteiger partial charge on any atom is -0.393 e. The fraction of sp³-hybridized carbons (Fsp3) is 0.950. The summed E-state index contributed by atoms with van der Waals surface area (Å²) >= 11 is 0. The standard InChI is InChI=1S/C20H32O4/c1-19-6-4-12(24-3)8-11(19)9-15(21)17-13(19)5-7-20(2)14(17)10-16(22)18(20)23/h11-15,17-18,21,23H,4-10H2,1-3H3/t11-,12-,13?,14?,15-,17?,18-,19-,20-/m0/s1. The Bertz CT molecular complexity index is 534. The Labute approximate surface area is 145 Å². The molecule has 0 radical (unpaired) electrons. The number of aliphatic hydroxyl groups is 2. The van der Waals surface area contributed by atoms with Crippen LogP contribution in [0.5, 0.6) is 0 Å². The summed E-state index contributed by atoms with van der Waals surface area (Å²) in [5.74, 6) is 1.29. The van der Waals surface area contributed by atoms with Crippen molar-refractivity contribution in [1.82, 2.24) is 0 Å². The number of aliphatic hydroxyl groups excluding tert-OH is 2. The number of methoxy groups -OCH3 is 1. The zero-order chi connectivity index (χ0) is 17.3. The molecule has 0 aromatic rings. The molecule has 0 aromatic heterocycles. The van der Waals surface area contributed by atoms with Crippen molar-refractivity contribution in [2.75, 3.05) is 7.11 Å². The van der Waals surface area contributed by atoms with Crippen LogP contribution in [0.1, 0.15) is 58.8 Å². The van der Waals surface area contributed by atoms with Crippen LogP contribution in [-0.4, -0.2) is 41.4 Å². The summed E-state index contributed by atoms with van der Waals surface area (Å²) in [6, 6.07) is 0. The van der Waals surface area contributed by atoms with Gasteiger partial charge in [0, 0.05) is 18.9 Å². The number of ether oxygens (including phenoxy) is 1. The van der Waals surface area contributed by atoms with Crippen LogP contribution in [0.25, 0.3) is 0 Å². The minimum absolute atomic E-state index is 0.00859. The second kappa shape index (κ2) is 5.52. The van der Waals surface area contributed by atoms with E-state index in [0.717, 1.165) is 38.5 Å². The highest BCUT2D eigenvalue weighted by Crippen LogP contribution is 2.65. The number of fused-ring (bicyclic) bond motifs is 5.